The van der Waals surface area contributed by atoms with Gasteiger partial charge in [0.25, 0.3) is 0 Å². The standard InChI is InChI=1S/C13H8ClF4N3/c14-11-5-9(13(16,17)18)7-19-12(11)21-20-6-8-2-1-3-10(15)4-8/h1-7H,(H,19,21)/b20-6+. The van der Waals surface area contributed by atoms with Crippen LogP contribution < -0.4 is 5.43 Å². The Morgan fingerprint density at radius 2 is 2.00 bits per heavy atom. The highest BCUT2D eigenvalue weighted by Gasteiger charge is 2.31. The number of hydrogen-bond acceptors (Lipinski definition) is 3. The third-order valence-corrected chi connectivity index (χ3v) is 2.69. The van der Waals surface area contributed by atoms with Gasteiger partial charge in [0.1, 0.15) is 5.82 Å². The molecule has 0 spiro atoms. The molecule has 0 aliphatic carbocycles. The number of hydrogen-bond donors (Lipinski definition) is 1. The number of anilines is 1. The quantitative estimate of drug-likeness (QED) is 0.519. The van der Waals surface area contributed by atoms with E-state index in [1.54, 1.807) is 6.07 Å². The molecule has 1 aromatic carbocycles. The van der Waals surface area contributed by atoms with Crippen molar-refractivity contribution in [3.63, 3.8) is 0 Å². The lowest BCUT2D eigenvalue weighted by molar-refractivity contribution is -0.137. The molecule has 2 aromatic rings. The molecule has 0 atom stereocenters. The molecule has 0 fully saturated rings. The van der Waals surface area contributed by atoms with Gasteiger partial charge < -0.3 is 0 Å². The maximum atomic E-state index is 12.9. The highest BCUT2D eigenvalue weighted by Crippen LogP contribution is 2.32. The highest BCUT2D eigenvalue weighted by atomic mass is 35.5. The largest absolute Gasteiger partial charge is 0.417 e. The third-order valence-electron chi connectivity index (χ3n) is 2.40. The lowest BCUT2D eigenvalue weighted by Gasteiger charge is -2.08. The van der Waals surface area contributed by atoms with Gasteiger partial charge in [0.15, 0.2) is 5.82 Å². The summed E-state index contributed by atoms with van der Waals surface area (Å²) in [7, 11) is 0. The molecule has 8 heteroatoms. The van der Waals surface area contributed by atoms with E-state index in [4.69, 9.17) is 11.6 Å². The van der Waals surface area contributed by atoms with Crippen LogP contribution in [0.3, 0.4) is 0 Å². The summed E-state index contributed by atoms with van der Waals surface area (Å²) in [5.74, 6) is -0.457. The molecule has 0 amide bonds. The zero-order valence-electron chi connectivity index (χ0n) is 10.3. The van der Waals surface area contributed by atoms with Crippen molar-refractivity contribution in [3.05, 3.63) is 58.5 Å². The van der Waals surface area contributed by atoms with Crippen LogP contribution in [-0.4, -0.2) is 11.2 Å². The Balaban J connectivity index is 2.10. The topological polar surface area (TPSA) is 37.3 Å². The molecule has 1 aromatic heterocycles. The number of halogens is 5. The fourth-order valence-electron chi connectivity index (χ4n) is 1.43. The van der Waals surface area contributed by atoms with E-state index < -0.39 is 17.6 Å². The molecule has 0 radical (unpaired) electrons. The molecule has 0 bridgehead atoms. The van der Waals surface area contributed by atoms with Crippen molar-refractivity contribution < 1.29 is 17.6 Å². The summed E-state index contributed by atoms with van der Waals surface area (Å²) in [6.45, 7) is 0. The molecule has 2 rings (SSSR count). The zero-order chi connectivity index (χ0) is 15.5. The van der Waals surface area contributed by atoms with Crippen molar-refractivity contribution in [1.82, 2.24) is 4.98 Å². The van der Waals surface area contributed by atoms with E-state index in [9.17, 15) is 17.6 Å². The minimum Gasteiger partial charge on any atom is -0.260 e. The lowest BCUT2D eigenvalue weighted by atomic mass is 10.2. The number of alkyl halides is 3. The van der Waals surface area contributed by atoms with Gasteiger partial charge in [-0.25, -0.2) is 9.37 Å². The van der Waals surface area contributed by atoms with Gasteiger partial charge in [0, 0.05) is 6.20 Å². The van der Waals surface area contributed by atoms with Crippen LogP contribution in [0, 0.1) is 5.82 Å². The maximum Gasteiger partial charge on any atom is 0.417 e. The van der Waals surface area contributed by atoms with Crippen LogP contribution in [0.5, 0.6) is 0 Å². The molecular weight excluding hydrogens is 310 g/mol. The molecular formula is C13H8ClF4N3. The summed E-state index contributed by atoms with van der Waals surface area (Å²) < 4.78 is 50.2. The van der Waals surface area contributed by atoms with Crippen LogP contribution in [-0.2, 0) is 6.18 Å². The van der Waals surface area contributed by atoms with Crippen LogP contribution >= 0.6 is 11.6 Å². The van der Waals surface area contributed by atoms with Crippen LogP contribution in [0.1, 0.15) is 11.1 Å². The predicted molar refractivity (Wildman–Crippen MR) is 71.9 cm³/mol. The van der Waals surface area contributed by atoms with Crippen molar-refractivity contribution in [2.75, 3.05) is 5.43 Å². The van der Waals surface area contributed by atoms with Gasteiger partial charge >= 0.3 is 6.18 Å². The fraction of sp³-hybridized carbons (Fsp3) is 0.0769. The Morgan fingerprint density at radius 3 is 2.62 bits per heavy atom. The van der Waals surface area contributed by atoms with E-state index in [1.165, 1.54) is 24.4 Å². The molecule has 1 N–H and O–H groups in total. The molecule has 1 heterocycles. The summed E-state index contributed by atoms with van der Waals surface area (Å²) in [6.07, 6.45) is -2.58. The van der Waals surface area contributed by atoms with Crippen molar-refractivity contribution in [2.24, 2.45) is 5.10 Å². The lowest BCUT2D eigenvalue weighted by Crippen LogP contribution is -2.06. The van der Waals surface area contributed by atoms with Gasteiger partial charge in [0.05, 0.1) is 16.8 Å². The smallest absolute Gasteiger partial charge is 0.260 e. The van der Waals surface area contributed by atoms with Gasteiger partial charge in [-0.15, -0.1) is 0 Å². The molecule has 3 nitrogen and oxygen atoms in total. The highest BCUT2D eigenvalue weighted by molar-refractivity contribution is 6.32. The molecule has 0 saturated carbocycles. The first-order valence-electron chi connectivity index (χ1n) is 5.63. The Bertz CT molecular complexity index is 671. The molecule has 0 saturated heterocycles. The second-order valence-corrected chi connectivity index (χ2v) is 4.38. The van der Waals surface area contributed by atoms with E-state index >= 15 is 0 Å². The van der Waals surface area contributed by atoms with Crippen LogP contribution in [0.25, 0.3) is 0 Å². The predicted octanol–water partition coefficient (Wildman–Crippen LogP) is 4.34. The molecule has 0 aliphatic rings. The fourth-order valence-corrected chi connectivity index (χ4v) is 1.64. The molecule has 21 heavy (non-hydrogen) atoms. The number of pyridine rings is 1. The summed E-state index contributed by atoms with van der Waals surface area (Å²) in [5.41, 5.74) is 1.92. The average Bonchev–Trinajstić information content (AvgIpc) is 2.39. The Kier molecular flexibility index (Phi) is 4.42. The molecule has 110 valence electrons. The van der Waals surface area contributed by atoms with Gasteiger partial charge in [0.2, 0.25) is 0 Å². The Hall–Kier alpha value is -2.15. The van der Waals surface area contributed by atoms with Gasteiger partial charge in [-0.05, 0) is 23.8 Å². The van der Waals surface area contributed by atoms with E-state index in [-0.39, 0.29) is 10.8 Å². The Morgan fingerprint density at radius 1 is 1.24 bits per heavy atom. The summed E-state index contributed by atoms with van der Waals surface area (Å²) >= 11 is 5.68. The summed E-state index contributed by atoms with van der Waals surface area (Å²) in [4.78, 5) is 3.54. The van der Waals surface area contributed by atoms with E-state index in [0.717, 1.165) is 6.07 Å². The van der Waals surface area contributed by atoms with E-state index in [0.29, 0.717) is 11.8 Å². The third kappa shape index (κ3) is 4.16. The second-order valence-electron chi connectivity index (χ2n) is 3.98. The number of benzene rings is 1. The van der Waals surface area contributed by atoms with Crippen molar-refractivity contribution >= 4 is 23.6 Å². The average molecular weight is 318 g/mol. The number of hydrazone groups is 1. The van der Waals surface area contributed by atoms with Crippen molar-refractivity contribution in [2.45, 2.75) is 6.18 Å². The molecule has 0 aliphatic heterocycles. The monoisotopic (exact) mass is 317 g/mol. The first-order chi connectivity index (χ1) is 9.86. The zero-order valence-corrected chi connectivity index (χ0v) is 11.1. The molecule has 0 unspecified atom stereocenters. The van der Waals surface area contributed by atoms with Crippen LogP contribution in [0.2, 0.25) is 5.02 Å². The number of nitrogens with one attached hydrogen (secondary N) is 1. The van der Waals surface area contributed by atoms with E-state index in [1.807, 2.05) is 0 Å². The maximum absolute atomic E-state index is 12.9. The normalized spacial score (nSPS) is 11.9. The summed E-state index contributed by atoms with van der Waals surface area (Å²) in [5, 5.41) is 3.51. The van der Waals surface area contributed by atoms with Crippen molar-refractivity contribution in [3.8, 4) is 0 Å². The first-order valence-corrected chi connectivity index (χ1v) is 6.01. The van der Waals surface area contributed by atoms with Gasteiger partial charge in [-0.3, -0.25) is 5.43 Å². The second kappa shape index (κ2) is 6.09. The number of rotatable bonds is 3. The Labute approximate surface area is 122 Å². The van der Waals surface area contributed by atoms with E-state index in [2.05, 4.69) is 15.5 Å². The SMILES string of the molecule is Fc1cccc(/C=N/Nc2ncc(C(F)(F)F)cc2Cl)c1. The first kappa shape index (κ1) is 15.2. The van der Waals surface area contributed by atoms with Crippen molar-refractivity contribution in [1.29, 1.82) is 0 Å². The minimum atomic E-state index is -4.51. The van der Waals surface area contributed by atoms with Crippen LogP contribution in [0.15, 0.2) is 41.6 Å². The number of nitrogens with zero attached hydrogens (tertiary/aromatic N) is 2. The summed E-state index contributed by atoms with van der Waals surface area (Å²) in [6, 6.07) is 6.37. The van der Waals surface area contributed by atoms with Crippen LogP contribution in [0.4, 0.5) is 23.4 Å². The van der Waals surface area contributed by atoms with Gasteiger partial charge in [-0.1, -0.05) is 23.7 Å². The minimum absolute atomic E-state index is 0.0303. The van der Waals surface area contributed by atoms with Gasteiger partial charge in [-0.2, -0.15) is 18.3 Å². The number of aromatic nitrogens is 1.